The number of halogens is 1. The quantitative estimate of drug-likeness (QED) is 0.774. The largest absolute Gasteiger partial charge is 0.380 e. The number of amides is 1. The molecule has 1 saturated heterocycles. The number of rotatable bonds is 3. The van der Waals surface area contributed by atoms with Gasteiger partial charge in [-0.15, -0.1) is 11.6 Å². The summed E-state index contributed by atoms with van der Waals surface area (Å²) in [5.41, 5.74) is 1.75. The van der Waals surface area contributed by atoms with Gasteiger partial charge in [0.25, 0.3) is 5.91 Å². The second kappa shape index (κ2) is 5.52. The fraction of sp³-hybridized carbons (Fsp3) is 0.462. The van der Waals surface area contributed by atoms with Crippen molar-refractivity contribution in [3.63, 3.8) is 0 Å². The van der Waals surface area contributed by atoms with Crippen molar-refractivity contribution in [3.05, 3.63) is 35.4 Å². The normalized spacial score (nSPS) is 19.6. The van der Waals surface area contributed by atoms with Crippen LogP contribution in [0.3, 0.4) is 0 Å². The lowest BCUT2D eigenvalue weighted by molar-refractivity contribution is 0.0724. The van der Waals surface area contributed by atoms with Crippen LogP contribution < -0.4 is 0 Å². The molecule has 92 valence electrons. The lowest BCUT2D eigenvalue weighted by Crippen LogP contribution is -2.29. The molecule has 1 aliphatic heterocycles. The second-order valence-electron chi connectivity index (χ2n) is 4.23. The zero-order valence-corrected chi connectivity index (χ0v) is 10.6. The number of alkyl halides is 1. The number of carbonyl (C=O) groups excluding carboxylic acids is 1. The maximum atomic E-state index is 12.1. The summed E-state index contributed by atoms with van der Waals surface area (Å²) < 4.78 is 5.25. The number of ether oxygens (including phenoxy) is 1. The van der Waals surface area contributed by atoms with Gasteiger partial charge < -0.3 is 9.64 Å². The number of hydrogen-bond acceptors (Lipinski definition) is 2. The molecule has 1 unspecified atom stereocenters. The van der Waals surface area contributed by atoms with Crippen LogP contribution in [0.4, 0.5) is 0 Å². The Balaban J connectivity index is 2.04. The lowest BCUT2D eigenvalue weighted by Gasteiger charge is -2.16. The summed E-state index contributed by atoms with van der Waals surface area (Å²) in [5.74, 6) is 0.551. The average molecular weight is 254 g/mol. The minimum Gasteiger partial charge on any atom is -0.380 e. The Kier molecular flexibility index (Phi) is 4.02. The highest BCUT2D eigenvalue weighted by Crippen LogP contribution is 2.16. The SMILES string of the molecule is COC1CCN(C(=O)c2ccc(CCl)cc2)C1. The van der Waals surface area contributed by atoms with Gasteiger partial charge in [0, 0.05) is 31.6 Å². The van der Waals surface area contributed by atoms with Crippen molar-refractivity contribution in [2.24, 2.45) is 0 Å². The van der Waals surface area contributed by atoms with Gasteiger partial charge in [0.15, 0.2) is 0 Å². The van der Waals surface area contributed by atoms with Crippen LogP contribution in [0, 0.1) is 0 Å². The van der Waals surface area contributed by atoms with Crippen LogP contribution in [0.1, 0.15) is 22.3 Å². The highest BCUT2D eigenvalue weighted by molar-refractivity contribution is 6.17. The topological polar surface area (TPSA) is 29.5 Å². The third kappa shape index (κ3) is 2.79. The van der Waals surface area contributed by atoms with E-state index in [1.807, 2.05) is 29.2 Å². The number of methoxy groups -OCH3 is 1. The van der Waals surface area contributed by atoms with E-state index in [0.717, 1.165) is 24.1 Å². The zero-order chi connectivity index (χ0) is 12.3. The Morgan fingerprint density at radius 1 is 1.47 bits per heavy atom. The molecule has 0 bridgehead atoms. The Hall–Kier alpha value is -1.06. The fourth-order valence-electron chi connectivity index (χ4n) is 2.02. The molecule has 0 radical (unpaired) electrons. The highest BCUT2D eigenvalue weighted by atomic mass is 35.5. The van der Waals surface area contributed by atoms with Crippen molar-refractivity contribution < 1.29 is 9.53 Å². The van der Waals surface area contributed by atoms with Crippen LogP contribution in [0.5, 0.6) is 0 Å². The van der Waals surface area contributed by atoms with Crippen molar-refractivity contribution >= 4 is 17.5 Å². The molecule has 1 amide bonds. The van der Waals surface area contributed by atoms with E-state index in [2.05, 4.69) is 0 Å². The summed E-state index contributed by atoms with van der Waals surface area (Å²) in [4.78, 5) is 14.0. The number of benzene rings is 1. The van der Waals surface area contributed by atoms with Crippen molar-refractivity contribution in [2.75, 3.05) is 20.2 Å². The predicted octanol–water partition coefficient (Wildman–Crippen LogP) is 2.29. The first-order valence-corrected chi connectivity index (χ1v) is 6.25. The molecule has 1 fully saturated rings. The van der Waals surface area contributed by atoms with Gasteiger partial charge in [-0.25, -0.2) is 0 Å². The minimum absolute atomic E-state index is 0.0747. The molecule has 1 aliphatic rings. The molecular weight excluding hydrogens is 238 g/mol. The number of nitrogens with zero attached hydrogens (tertiary/aromatic N) is 1. The van der Waals surface area contributed by atoms with Crippen molar-refractivity contribution in [1.29, 1.82) is 0 Å². The molecule has 0 spiro atoms. The first kappa shape index (κ1) is 12.4. The summed E-state index contributed by atoms with van der Waals surface area (Å²) >= 11 is 5.71. The first-order chi connectivity index (χ1) is 8.24. The van der Waals surface area contributed by atoms with Crippen molar-refractivity contribution in [2.45, 2.75) is 18.4 Å². The summed E-state index contributed by atoms with van der Waals surface area (Å²) in [6.07, 6.45) is 1.10. The Labute approximate surface area is 106 Å². The molecule has 2 rings (SSSR count). The second-order valence-corrected chi connectivity index (χ2v) is 4.50. The molecular formula is C13H16ClNO2. The zero-order valence-electron chi connectivity index (χ0n) is 9.86. The van der Waals surface area contributed by atoms with E-state index < -0.39 is 0 Å². The van der Waals surface area contributed by atoms with Gasteiger partial charge in [-0.3, -0.25) is 4.79 Å². The molecule has 1 atom stereocenters. The molecule has 1 heterocycles. The number of carbonyl (C=O) groups is 1. The average Bonchev–Trinajstić information content (AvgIpc) is 2.87. The van der Waals surface area contributed by atoms with Crippen LogP contribution >= 0.6 is 11.6 Å². The van der Waals surface area contributed by atoms with Gasteiger partial charge in [0.05, 0.1) is 6.10 Å². The van der Waals surface area contributed by atoms with E-state index in [0.29, 0.717) is 12.4 Å². The maximum absolute atomic E-state index is 12.1. The molecule has 0 saturated carbocycles. The molecule has 1 aromatic rings. The lowest BCUT2D eigenvalue weighted by atomic mass is 10.1. The van der Waals surface area contributed by atoms with Crippen LogP contribution in [-0.4, -0.2) is 37.1 Å². The van der Waals surface area contributed by atoms with Gasteiger partial charge in [-0.2, -0.15) is 0 Å². The Morgan fingerprint density at radius 3 is 2.71 bits per heavy atom. The maximum Gasteiger partial charge on any atom is 0.253 e. The van der Waals surface area contributed by atoms with Gasteiger partial charge in [0.1, 0.15) is 0 Å². The third-order valence-corrected chi connectivity index (χ3v) is 3.43. The predicted molar refractivity (Wildman–Crippen MR) is 67.3 cm³/mol. The highest BCUT2D eigenvalue weighted by Gasteiger charge is 2.26. The van der Waals surface area contributed by atoms with Crippen molar-refractivity contribution in [1.82, 2.24) is 4.90 Å². The van der Waals surface area contributed by atoms with Crippen LogP contribution in [-0.2, 0) is 10.6 Å². The molecule has 17 heavy (non-hydrogen) atoms. The van der Waals surface area contributed by atoms with Crippen molar-refractivity contribution in [3.8, 4) is 0 Å². The van der Waals surface area contributed by atoms with Crippen LogP contribution in [0.25, 0.3) is 0 Å². The van der Waals surface area contributed by atoms with E-state index in [-0.39, 0.29) is 12.0 Å². The first-order valence-electron chi connectivity index (χ1n) is 5.71. The van der Waals surface area contributed by atoms with Crippen LogP contribution in [0.2, 0.25) is 0 Å². The summed E-state index contributed by atoms with van der Waals surface area (Å²) in [5, 5.41) is 0. The Morgan fingerprint density at radius 2 is 2.18 bits per heavy atom. The van der Waals surface area contributed by atoms with E-state index in [4.69, 9.17) is 16.3 Å². The molecule has 0 N–H and O–H groups in total. The third-order valence-electron chi connectivity index (χ3n) is 3.12. The van der Waals surface area contributed by atoms with Gasteiger partial charge >= 0.3 is 0 Å². The molecule has 1 aromatic carbocycles. The summed E-state index contributed by atoms with van der Waals surface area (Å²) in [6.45, 7) is 1.46. The molecule has 3 nitrogen and oxygen atoms in total. The van der Waals surface area contributed by atoms with E-state index in [1.165, 1.54) is 0 Å². The smallest absolute Gasteiger partial charge is 0.253 e. The van der Waals surface area contributed by atoms with Gasteiger partial charge in [0.2, 0.25) is 0 Å². The van der Waals surface area contributed by atoms with E-state index in [9.17, 15) is 4.79 Å². The van der Waals surface area contributed by atoms with E-state index in [1.54, 1.807) is 7.11 Å². The fourth-order valence-corrected chi connectivity index (χ4v) is 2.20. The number of likely N-dealkylation sites (tertiary alicyclic amines) is 1. The Bertz CT molecular complexity index is 391. The standard InChI is InChI=1S/C13H16ClNO2/c1-17-12-6-7-15(9-12)13(16)11-4-2-10(8-14)3-5-11/h2-5,12H,6-9H2,1H3. The summed E-state index contributed by atoms with van der Waals surface area (Å²) in [7, 11) is 1.69. The monoisotopic (exact) mass is 253 g/mol. The van der Waals surface area contributed by atoms with Gasteiger partial charge in [-0.05, 0) is 24.1 Å². The summed E-state index contributed by atoms with van der Waals surface area (Å²) in [6, 6.07) is 7.45. The molecule has 0 aliphatic carbocycles. The van der Waals surface area contributed by atoms with E-state index >= 15 is 0 Å². The van der Waals surface area contributed by atoms with Gasteiger partial charge in [-0.1, -0.05) is 12.1 Å². The molecule has 0 aromatic heterocycles. The number of hydrogen-bond donors (Lipinski definition) is 0. The minimum atomic E-state index is 0.0747. The molecule has 4 heteroatoms. The van der Waals surface area contributed by atoms with Crippen LogP contribution in [0.15, 0.2) is 24.3 Å².